The molecule has 1 N–H and O–H groups in total. The Labute approximate surface area is 166 Å². The molecule has 0 amide bonds. The molecule has 0 atom stereocenters. The third kappa shape index (κ3) is 4.52. The highest BCUT2D eigenvalue weighted by Gasteiger charge is 2.15. The van der Waals surface area contributed by atoms with Crippen molar-refractivity contribution in [2.24, 2.45) is 5.10 Å². The maximum absolute atomic E-state index is 11.2. The molecule has 0 spiro atoms. The van der Waals surface area contributed by atoms with Gasteiger partial charge in [-0.2, -0.15) is 5.10 Å². The summed E-state index contributed by atoms with van der Waals surface area (Å²) in [6, 6.07) is 11.0. The Hall–Kier alpha value is -3.26. The fourth-order valence-corrected chi connectivity index (χ4v) is 3.41. The molecule has 1 aromatic heterocycles. The molecule has 3 rings (SSSR count). The Morgan fingerprint density at radius 3 is 2.82 bits per heavy atom. The second-order valence-electron chi connectivity index (χ2n) is 6.14. The van der Waals surface area contributed by atoms with E-state index in [1.807, 2.05) is 5.38 Å². The van der Waals surface area contributed by atoms with E-state index in [4.69, 9.17) is 4.74 Å². The van der Waals surface area contributed by atoms with Crippen molar-refractivity contribution in [2.75, 3.05) is 12.0 Å². The lowest BCUT2D eigenvalue weighted by atomic mass is 10.0. The fourth-order valence-electron chi connectivity index (χ4n) is 2.75. The van der Waals surface area contributed by atoms with Crippen molar-refractivity contribution < 1.29 is 9.66 Å². The van der Waals surface area contributed by atoms with Gasteiger partial charge >= 0.3 is 5.69 Å². The van der Waals surface area contributed by atoms with E-state index < -0.39 is 4.92 Å². The van der Waals surface area contributed by atoms with Crippen LogP contribution in [0, 0.1) is 24.0 Å². The van der Waals surface area contributed by atoms with Crippen molar-refractivity contribution in [1.82, 2.24) is 4.98 Å². The predicted molar refractivity (Wildman–Crippen MR) is 113 cm³/mol. The van der Waals surface area contributed by atoms with Crippen molar-refractivity contribution in [3.63, 3.8) is 0 Å². The van der Waals surface area contributed by atoms with Crippen molar-refractivity contribution in [3.8, 4) is 17.0 Å². The van der Waals surface area contributed by atoms with Gasteiger partial charge in [0.05, 0.1) is 23.4 Å². The van der Waals surface area contributed by atoms with Gasteiger partial charge in [-0.05, 0) is 38.5 Å². The molecule has 0 unspecified atom stereocenters. The monoisotopic (exact) mass is 396 g/mol. The van der Waals surface area contributed by atoms with Gasteiger partial charge in [0.25, 0.3) is 0 Å². The van der Waals surface area contributed by atoms with E-state index in [0.29, 0.717) is 17.3 Å². The number of aryl methyl sites for hydroxylation is 2. The molecular weight excluding hydrogens is 376 g/mol. The van der Waals surface area contributed by atoms with Gasteiger partial charge in [0.2, 0.25) is 5.13 Å². The van der Waals surface area contributed by atoms with E-state index in [1.54, 1.807) is 19.1 Å². The zero-order valence-corrected chi connectivity index (χ0v) is 16.6. The number of anilines is 1. The summed E-state index contributed by atoms with van der Waals surface area (Å²) in [7, 11) is 0. The molecule has 1 heterocycles. The smallest absolute Gasteiger partial charge is 0.311 e. The van der Waals surface area contributed by atoms with Gasteiger partial charge in [-0.1, -0.05) is 23.8 Å². The van der Waals surface area contributed by atoms with Crippen LogP contribution >= 0.6 is 11.3 Å². The molecule has 7 nitrogen and oxygen atoms in total. The van der Waals surface area contributed by atoms with Crippen molar-refractivity contribution in [1.29, 1.82) is 0 Å². The van der Waals surface area contributed by atoms with Crippen LogP contribution in [0.5, 0.6) is 5.75 Å². The average Bonchev–Trinajstić information content (AvgIpc) is 3.11. The summed E-state index contributed by atoms with van der Waals surface area (Å²) in [6.45, 7) is 6.27. The normalized spacial score (nSPS) is 11.0. The maximum Gasteiger partial charge on any atom is 0.311 e. The topological polar surface area (TPSA) is 89.7 Å². The largest absolute Gasteiger partial charge is 0.487 e. The first-order valence-electron chi connectivity index (χ1n) is 8.71. The Balaban J connectivity index is 1.72. The summed E-state index contributed by atoms with van der Waals surface area (Å²) < 4.78 is 5.28. The third-order valence-electron chi connectivity index (χ3n) is 4.02. The second-order valence-corrected chi connectivity index (χ2v) is 7.00. The van der Waals surface area contributed by atoms with Crippen LogP contribution in [0.15, 0.2) is 46.9 Å². The molecule has 0 aliphatic rings. The van der Waals surface area contributed by atoms with E-state index >= 15 is 0 Å². The van der Waals surface area contributed by atoms with Gasteiger partial charge in [0.15, 0.2) is 5.75 Å². The van der Waals surface area contributed by atoms with E-state index in [0.717, 1.165) is 11.3 Å². The SMILES string of the molecule is CCOc1ccc(/C=N\Nc2nc(-c3ccc(C)cc3C)cs2)cc1[N+](=O)[O-]. The average molecular weight is 396 g/mol. The molecular formula is C20H20N4O3S. The summed E-state index contributed by atoms with van der Waals surface area (Å²) in [5.41, 5.74) is 7.73. The molecule has 0 saturated carbocycles. The highest BCUT2D eigenvalue weighted by atomic mass is 32.1. The first kappa shape index (κ1) is 19.5. The lowest BCUT2D eigenvalue weighted by Crippen LogP contribution is -1.99. The van der Waals surface area contributed by atoms with Crippen LogP contribution < -0.4 is 10.2 Å². The van der Waals surface area contributed by atoms with Crippen LogP contribution in [-0.2, 0) is 0 Å². The van der Waals surface area contributed by atoms with Gasteiger partial charge in [-0.15, -0.1) is 11.3 Å². The summed E-state index contributed by atoms with van der Waals surface area (Å²) in [4.78, 5) is 15.3. The van der Waals surface area contributed by atoms with Crippen molar-refractivity contribution in [3.05, 3.63) is 68.6 Å². The first-order chi connectivity index (χ1) is 13.5. The Morgan fingerprint density at radius 1 is 1.29 bits per heavy atom. The standard InChI is InChI=1S/C20H20N4O3S/c1-4-27-19-8-6-15(10-18(19)24(25)26)11-21-23-20-22-17(12-28-20)16-7-5-13(2)9-14(16)3/h5-12H,4H2,1-3H3,(H,22,23)/b21-11-. The van der Waals surface area contributed by atoms with Gasteiger partial charge in [-0.3, -0.25) is 15.5 Å². The fraction of sp³-hybridized carbons (Fsp3) is 0.200. The van der Waals surface area contributed by atoms with Crippen LogP contribution in [0.25, 0.3) is 11.3 Å². The van der Waals surface area contributed by atoms with Crippen LogP contribution in [0.4, 0.5) is 10.8 Å². The molecule has 0 radical (unpaired) electrons. The predicted octanol–water partition coefficient (Wildman–Crippen LogP) is 5.18. The maximum atomic E-state index is 11.2. The highest BCUT2D eigenvalue weighted by Crippen LogP contribution is 2.29. The molecule has 0 saturated heterocycles. The first-order valence-corrected chi connectivity index (χ1v) is 9.59. The summed E-state index contributed by atoms with van der Waals surface area (Å²) >= 11 is 1.45. The molecule has 0 fully saturated rings. The number of hydrogen-bond donors (Lipinski definition) is 1. The quantitative estimate of drug-likeness (QED) is 0.338. The van der Waals surface area contributed by atoms with Gasteiger partial charge in [-0.25, -0.2) is 4.98 Å². The van der Waals surface area contributed by atoms with E-state index in [9.17, 15) is 10.1 Å². The van der Waals surface area contributed by atoms with E-state index in [2.05, 4.69) is 47.6 Å². The number of nitro groups is 1. The van der Waals surface area contributed by atoms with E-state index in [1.165, 1.54) is 34.7 Å². The number of benzene rings is 2. The van der Waals surface area contributed by atoms with Crippen molar-refractivity contribution >= 4 is 28.4 Å². The Kier molecular flexibility index (Phi) is 6.00. The Morgan fingerprint density at radius 2 is 2.11 bits per heavy atom. The van der Waals surface area contributed by atoms with Crippen LogP contribution in [-0.4, -0.2) is 22.7 Å². The number of ether oxygens (including phenoxy) is 1. The van der Waals surface area contributed by atoms with Gasteiger partial charge in [0.1, 0.15) is 0 Å². The minimum atomic E-state index is -0.466. The number of nitrogens with one attached hydrogen (secondary N) is 1. The number of nitrogens with zero attached hydrogens (tertiary/aromatic N) is 3. The zero-order valence-electron chi connectivity index (χ0n) is 15.8. The number of thiazole rings is 1. The summed E-state index contributed by atoms with van der Waals surface area (Å²) in [5.74, 6) is 0.246. The molecule has 8 heteroatoms. The van der Waals surface area contributed by atoms with Gasteiger partial charge in [0, 0.05) is 22.6 Å². The lowest BCUT2D eigenvalue weighted by Gasteiger charge is -2.04. The molecule has 2 aromatic carbocycles. The number of aromatic nitrogens is 1. The van der Waals surface area contributed by atoms with Crippen LogP contribution in [0.1, 0.15) is 23.6 Å². The van der Waals surface area contributed by atoms with Crippen LogP contribution in [0.3, 0.4) is 0 Å². The number of rotatable bonds is 7. The van der Waals surface area contributed by atoms with Gasteiger partial charge < -0.3 is 4.74 Å². The minimum Gasteiger partial charge on any atom is -0.487 e. The molecule has 144 valence electrons. The molecule has 28 heavy (non-hydrogen) atoms. The minimum absolute atomic E-state index is 0.0859. The molecule has 3 aromatic rings. The van der Waals surface area contributed by atoms with E-state index in [-0.39, 0.29) is 11.4 Å². The number of nitro benzene ring substituents is 1. The number of hydrogen-bond acceptors (Lipinski definition) is 7. The molecule has 0 aliphatic carbocycles. The second kappa shape index (κ2) is 8.62. The number of hydrazone groups is 1. The summed E-state index contributed by atoms with van der Waals surface area (Å²) in [6.07, 6.45) is 1.51. The Bertz CT molecular complexity index is 1030. The third-order valence-corrected chi connectivity index (χ3v) is 4.76. The zero-order chi connectivity index (χ0) is 20.1. The molecule has 0 aliphatic heterocycles. The van der Waals surface area contributed by atoms with Crippen molar-refractivity contribution in [2.45, 2.75) is 20.8 Å². The lowest BCUT2D eigenvalue weighted by molar-refractivity contribution is -0.385. The molecule has 0 bridgehead atoms. The summed E-state index contributed by atoms with van der Waals surface area (Å²) in [5, 5.41) is 17.9. The highest BCUT2D eigenvalue weighted by molar-refractivity contribution is 7.14. The van der Waals surface area contributed by atoms with Crippen LogP contribution in [0.2, 0.25) is 0 Å².